The molecule has 1 unspecified atom stereocenters. The van der Waals surface area contributed by atoms with Gasteiger partial charge in [0.2, 0.25) is 0 Å². The molecular weight excluding hydrogens is 318 g/mol. The second-order valence-corrected chi connectivity index (χ2v) is 7.16. The zero-order valence-electron chi connectivity index (χ0n) is 15.6. The Kier molecular flexibility index (Phi) is 6.61. The number of carbonyl (C=O) groups excluding carboxylic acids is 1. The summed E-state index contributed by atoms with van der Waals surface area (Å²) in [7, 11) is 1.78. The van der Waals surface area contributed by atoms with Gasteiger partial charge in [-0.25, -0.2) is 4.79 Å². The summed E-state index contributed by atoms with van der Waals surface area (Å²) >= 11 is 0. The van der Waals surface area contributed by atoms with Crippen LogP contribution in [0.15, 0.2) is 29.5 Å². The lowest BCUT2D eigenvalue weighted by Gasteiger charge is -2.23. The normalized spacial score (nSPS) is 18.2. The van der Waals surface area contributed by atoms with Crippen molar-refractivity contribution in [2.75, 3.05) is 26.7 Å². The molecule has 1 aliphatic heterocycles. The zero-order chi connectivity index (χ0) is 18.3. The van der Waals surface area contributed by atoms with Crippen LogP contribution in [0.25, 0.3) is 0 Å². The molecule has 1 atom stereocenters. The van der Waals surface area contributed by atoms with E-state index in [1.165, 1.54) is 5.56 Å². The van der Waals surface area contributed by atoms with Gasteiger partial charge in [0.25, 0.3) is 0 Å². The predicted molar refractivity (Wildman–Crippen MR) is 98.7 cm³/mol. The van der Waals surface area contributed by atoms with Crippen LogP contribution in [0.4, 0.5) is 4.79 Å². The highest BCUT2D eigenvalue weighted by Crippen LogP contribution is 2.12. The molecule has 0 radical (unpaired) electrons. The molecule has 1 amide bonds. The first kappa shape index (κ1) is 19.0. The van der Waals surface area contributed by atoms with Crippen LogP contribution in [-0.2, 0) is 11.2 Å². The van der Waals surface area contributed by atoms with Gasteiger partial charge in [-0.05, 0) is 45.2 Å². The third-order valence-electron chi connectivity index (χ3n) is 3.84. The molecular formula is C18H29N5O2. The predicted octanol–water partition coefficient (Wildman–Crippen LogP) is 1.80. The first-order valence-electron chi connectivity index (χ1n) is 8.71. The summed E-state index contributed by atoms with van der Waals surface area (Å²) in [4.78, 5) is 22.5. The first-order chi connectivity index (χ1) is 11.9. The van der Waals surface area contributed by atoms with Crippen LogP contribution >= 0.6 is 0 Å². The summed E-state index contributed by atoms with van der Waals surface area (Å²) < 4.78 is 5.32. The Morgan fingerprint density at radius 2 is 2.28 bits per heavy atom. The molecule has 1 aromatic heterocycles. The van der Waals surface area contributed by atoms with E-state index in [9.17, 15) is 4.79 Å². The van der Waals surface area contributed by atoms with Gasteiger partial charge in [0.15, 0.2) is 5.96 Å². The maximum absolute atomic E-state index is 11.9. The largest absolute Gasteiger partial charge is 0.444 e. The number of carbonyl (C=O) groups is 1. The number of amides is 1. The average molecular weight is 347 g/mol. The third kappa shape index (κ3) is 6.60. The number of aromatic nitrogens is 1. The maximum Gasteiger partial charge on any atom is 0.407 e. The van der Waals surface area contributed by atoms with Crippen LogP contribution < -0.4 is 10.6 Å². The van der Waals surface area contributed by atoms with E-state index < -0.39 is 5.60 Å². The van der Waals surface area contributed by atoms with Crippen LogP contribution in [0.3, 0.4) is 0 Å². The van der Waals surface area contributed by atoms with Crippen LogP contribution in [0.1, 0.15) is 32.8 Å². The smallest absolute Gasteiger partial charge is 0.407 e. The number of hydrogen-bond donors (Lipinski definition) is 2. The molecule has 0 spiro atoms. The standard InChI is InChI=1S/C18H29N5O2/c1-18(2,3)25-17(24)22-15-8-11-23(13-15)16(19-4)21-10-7-14-6-5-9-20-12-14/h5-6,9,12,15H,7-8,10-11,13H2,1-4H3,(H,19,21)(H,22,24). The molecule has 2 N–H and O–H groups in total. The van der Waals surface area contributed by atoms with Gasteiger partial charge in [-0.3, -0.25) is 9.98 Å². The number of likely N-dealkylation sites (tertiary alicyclic amines) is 1. The molecule has 7 nitrogen and oxygen atoms in total. The Labute approximate surface area is 149 Å². The highest BCUT2D eigenvalue weighted by molar-refractivity contribution is 5.80. The van der Waals surface area contributed by atoms with Crippen LogP contribution in [-0.4, -0.2) is 60.3 Å². The molecule has 2 heterocycles. The Morgan fingerprint density at radius 1 is 1.48 bits per heavy atom. The minimum atomic E-state index is -0.480. The molecule has 1 aromatic rings. The Morgan fingerprint density at radius 3 is 2.92 bits per heavy atom. The van der Waals surface area contributed by atoms with Gasteiger partial charge in [0, 0.05) is 39.1 Å². The highest BCUT2D eigenvalue weighted by Gasteiger charge is 2.27. The molecule has 138 valence electrons. The van der Waals surface area contributed by atoms with E-state index in [0.717, 1.165) is 38.4 Å². The van der Waals surface area contributed by atoms with Crippen molar-refractivity contribution in [1.29, 1.82) is 0 Å². The summed E-state index contributed by atoms with van der Waals surface area (Å²) in [6.45, 7) is 7.96. The number of rotatable bonds is 4. The van der Waals surface area contributed by atoms with E-state index in [4.69, 9.17) is 4.74 Å². The molecule has 1 fully saturated rings. The topological polar surface area (TPSA) is 78.9 Å². The van der Waals surface area contributed by atoms with Crippen LogP contribution in [0.2, 0.25) is 0 Å². The quantitative estimate of drug-likeness (QED) is 0.641. The Balaban J connectivity index is 1.76. The minimum Gasteiger partial charge on any atom is -0.444 e. The fourth-order valence-corrected chi connectivity index (χ4v) is 2.74. The van der Waals surface area contributed by atoms with Gasteiger partial charge in [-0.1, -0.05) is 6.07 Å². The SMILES string of the molecule is CN=C(NCCc1cccnc1)N1CCC(NC(=O)OC(C)(C)C)C1. The monoisotopic (exact) mass is 347 g/mol. The van der Waals surface area contributed by atoms with E-state index in [1.54, 1.807) is 13.2 Å². The van der Waals surface area contributed by atoms with Gasteiger partial charge in [-0.2, -0.15) is 0 Å². The Bertz CT molecular complexity index is 583. The van der Waals surface area contributed by atoms with Crippen LogP contribution in [0, 0.1) is 0 Å². The van der Waals surface area contributed by atoms with Crippen molar-refractivity contribution in [3.05, 3.63) is 30.1 Å². The molecule has 25 heavy (non-hydrogen) atoms. The number of nitrogens with zero attached hydrogens (tertiary/aromatic N) is 3. The molecule has 0 aliphatic carbocycles. The molecule has 7 heteroatoms. The molecule has 0 saturated carbocycles. The van der Waals surface area contributed by atoms with Gasteiger partial charge < -0.3 is 20.3 Å². The molecule has 1 saturated heterocycles. The first-order valence-corrected chi connectivity index (χ1v) is 8.71. The Hall–Kier alpha value is -2.31. The van der Waals surface area contributed by atoms with E-state index in [1.807, 2.05) is 33.0 Å². The fourth-order valence-electron chi connectivity index (χ4n) is 2.74. The molecule has 0 bridgehead atoms. The summed E-state index contributed by atoms with van der Waals surface area (Å²) in [6.07, 6.45) is 5.06. The van der Waals surface area contributed by atoms with Crippen molar-refractivity contribution in [2.24, 2.45) is 4.99 Å². The summed E-state index contributed by atoms with van der Waals surface area (Å²) in [6, 6.07) is 4.08. The van der Waals surface area contributed by atoms with Crippen molar-refractivity contribution in [3.63, 3.8) is 0 Å². The second-order valence-electron chi connectivity index (χ2n) is 7.16. The van der Waals surface area contributed by atoms with Gasteiger partial charge in [0.1, 0.15) is 5.60 Å². The zero-order valence-corrected chi connectivity index (χ0v) is 15.6. The van der Waals surface area contributed by atoms with Crippen molar-refractivity contribution in [1.82, 2.24) is 20.5 Å². The molecule has 0 aromatic carbocycles. The highest BCUT2D eigenvalue weighted by atomic mass is 16.6. The average Bonchev–Trinajstić information content (AvgIpc) is 2.99. The van der Waals surface area contributed by atoms with Crippen molar-refractivity contribution in [3.8, 4) is 0 Å². The van der Waals surface area contributed by atoms with Crippen molar-refractivity contribution >= 4 is 12.1 Å². The number of ether oxygens (including phenoxy) is 1. The second kappa shape index (κ2) is 8.69. The number of nitrogens with one attached hydrogen (secondary N) is 2. The number of pyridine rings is 1. The fraction of sp³-hybridized carbons (Fsp3) is 0.611. The summed E-state index contributed by atoms with van der Waals surface area (Å²) in [5.41, 5.74) is 0.711. The summed E-state index contributed by atoms with van der Waals surface area (Å²) in [5, 5.41) is 6.31. The number of alkyl carbamates (subject to hydrolysis) is 1. The molecule has 1 aliphatic rings. The lowest BCUT2D eigenvalue weighted by atomic mass is 10.2. The number of guanidine groups is 1. The minimum absolute atomic E-state index is 0.0757. The van der Waals surface area contributed by atoms with E-state index in [-0.39, 0.29) is 12.1 Å². The van der Waals surface area contributed by atoms with E-state index in [2.05, 4.69) is 31.6 Å². The lowest BCUT2D eigenvalue weighted by Crippen LogP contribution is -2.44. The molecule has 2 rings (SSSR count). The van der Waals surface area contributed by atoms with Crippen molar-refractivity contribution < 1.29 is 9.53 Å². The van der Waals surface area contributed by atoms with Crippen LogP contribution in [0.5, 0.6) is 0 Å². The number of hydrogen-bond acceptors (Lipinski definition) is 4. The third-order valence-corrected chi connectivity index (χ3v) is 3.84. The van der Waals surface area contributed by atoms with Gasteiger partial charge in [-0.15, -0.1) is 0 Å². The maximum atomic E-state index is 11.9. The van der Waals surface area contributed by atoms with E-state index >= 15 is 0 Å². The summed E-state index contributed by atoms with van der Waals surface area (Å²) in [5.74, 6) is 0.859. The van der Waals surface area contributed by atoms with E-state index in [0.29, 0.717) is 0 Å². The van der Waals surface area contributed by atoms with Gasteiger partial charge >= 0.3 is 6.09 Å². The lowest BCUT2D eigenvalue weighted by molar-refractivity contribution is 0.0507. The number of aliphatic imine (C=N–C) groups is 1. The van der Waals surface area contributed by atoms with Gasteiger partial charge in [0.05, 0.1) is 6.04 Å². The van der Waals surface area contributed by atoms with Crippen molar-refractivity contribution in [2.45, 2.75) is 45.3 Å².